The third-order valence-corrected chi connectivity index (χ3v) is 4.75. The van der Waals surface area contributed by atoms with Crippen molar-refractivity contribution in [3.05, 3.63) is 54.4 Å². The number of piperidine rings is 1. The molecule has 32 heavy (non-hydrogen) atoms. The number of methoxy groups -OCH3 is 1. The van der Waals surface area contributed by atoms with Crippen molar-refractivity contribution in [2.45, 2.75) is 18.7 Å². The zero-order valence-electron chi connectivity index (χ0n) is 17.0. The highest BCUT2D eigenvalue weighted by atomic mass is 19.1. The van der Waals surface area contributed by atoms with Crippen molar-refractivity contribution in [2.75, 3.05) is 30.4 Å². The van der Waals surface area contributed by atoms with Gasteiger partial charge in [-0.25, -0.2) is 19.2 Å². The summed E-state index contributed by atoms with van der Waals surface area (Å²) in [5.74, 6) is -1.25. The Kier molecular flexibility index (Phi) is 6.19. The maximum atomic E-state index is 14.7. The molecule has 0 spiro atoms. The molecule has 0 bridgehead atoms. The summed E-state index contributed by atoms with van der Waals surface area (Å²) in [5, 5.41) is 2.57. The van der Waals surface area contributed by atoms with E-state index in [4.69, 9.17) is 9.15 Å². The van der Waals surface area contributed by atoms with E-state index in [1.165, 1.54) is 38.0 Å². The number of hydrogen-bond donors (Lipinski definition) is 1. The van der Waals surface area contributed by atoms with Crippen molar-refractivity contribution in [3.8, 4) is 6.01 Å². The minimum atomic E-state index is -1.34. The van der Waals surface area contributed by atoms with Crippen LogP contribution in [0.4, 0.5) is 16.1 Å². The van der Waals surface area contributed by atoms with Gasteiger partial charge in [0.1, 0.15) is 17.9 Å². The molecule has 0 aromatic carbocycles. The van der Waals surface area contributed by atoms with E-state index in [0.717, 1.165) is 6.26 Å². The predicted molar refractivity (Wildman–Crippen MR) is 108 cm³/mol. The summed E-state index contributed by atoms with van der Waals surface area (Å²) in [4.78, 5) is 41.9. The molecule has 0 saturated carbocycles. The van der Waals surface area contributed by atoms with Gasteiger partial charge in [0.2, 0.25) is 0 Å². The molecule has 0 unspecified atom stereocenters. The van der Waals surface area contributed by atoms with Crippen molar-refractivity contribution in [1.29, 1.82) is 0 Å². The summed E-state index contributed by atoms with van der Waals surface area (Å²) in [6.07, 6.45) is 5.22. The number of oxazole rings is 1. The van der Waals surface area contributed by atoms with Crippen LogP contribution in [-0.4, -0.2) is 64.3 Å². The highest BCUT2D eigenvalue weighted by Crippen LogP contribution is 2.24. The Hall–Kier alpha value is -4.09. The van der Waals surface area contributed by atoms with Gasteiger partial charge in [0.25, 0.3) is 11.9 Å². The van der Waals surface area contributed by atoms with Gasteiger partial charge in [-0.2, -0.15) is 4.98 Å². The van der Waals surface area contributed by atoms with Crippen LogP contribution in [0, 0.1) is 0 Å². The van der Waals surface area contributed by atoms with Gasteiger partial charge in [0.15, 0.2) is 11.9 Å². The molecule has 3 aromatic heterocycles. The topological polar surface area (TPSA) is 133 Å². The van der Waals surface area contributed by atoms with Gasteiger partial charge in [0.05, 0.1) is 19.3 Å². The van der Waals surface area contributed by atoms with E-state index >= 15 is 0 Å². The lowest BCUT2D eigenvalue weighted by Crippen LogP contribution is -2.47. The molecule has 12 heteroatoms. The van der Waals surface area contributed by atoms with E-state index in [0.29, 0.717) is 13.0 Å². The van der Waals surface area contributed by atoms with Gasteiger partial charge in [-0.3, -0.25) is 9.78 Å². The van der Waals surface area contributed by atoms with Crippen LogP contribution in [0.5, 0.6) is 6.01 Å². The van der Waals surface area contributed by atoms with Gasteiger partial charge in [-0.1, -0.05) is 0 Å². The molecule has 4 heterocycles. The van der Waals surface area contributed by atoms with Crippen LogP contribution in [0.25, 0.3) is 0 Å². The van der Waals surface area contributed by atoms with Crippen LogP contribution >= 0.6 is 0 Å². The number of nitrogens with zero attached hydrogens (tertiary/aromatic N) is 5. The third-order valence-electron chi connectivity index (χ3n) is 4.75. The number of nitrogens with one attached hydrogen (secondary N) is 1. The average Bonchev–Trinajstić information content (AvgIpc) is 3.31. The second-order valence-corrected chi connectivity index (χ2v) is 6.82. The molecule has 1 aliphatic rings. The number of esters is 1. The van der Waals surface area contributed by atoms with E-state index in [2.05, 4.69) is 30.0 Å². The van der Waals surface area contributed by atoms with Crippen LogP contribution in [0.1, 0.15) is 27.3 Å². The Labute approximate surface area is 181 Å². The number of anilines is 2. The Morgan fingerprint density at radius 1 is 1.28 bits per heavy atom. The first-order valence-electron chi connectivity index (χ1n) is 9.67. The molecular weight excluding hydrogens is 423 g/mol. The first kappa shape index (κ1) is 21.2. The molecule has 11 nitrogen and oxygen atoms in total. The van der Waals surface area contributed by atoms with Gasteiger partial charge >= 0.3 is 12.0 Å². The van der Waals surface area contributed by atoms with Gasteiger partial charge in [0, 0.05) is 37.8 Å². The van der Waals surface area contributed by atoms with Crippen molar-refractivity contribution in [1.82, 2.24) is 19.9 Å². The number of carbonyl (C=O) groups is 2. The normalized spacial score (nSPS) is 18.1. The summed E-state index contributed by atoms with van der Waals surface area (Å²) in [7, 11) is 1.23. The second-order valence-electron chi connectivity index (χ2n) is 6.82. The van der Waals surface area contributed by atoms with Gasteiger partial charge < -0.3 is 24.1 Å². The molecule has 4 rings (SSSR count). The first-order chi connectivity index (χ1) is 15.5. The van der Waals surface area contributed by atoms with E-state index in [1.807, 2.05) is 0 Å². The van der Waals surface area contributed by atoms with Crippen LogP contribution in [0.3, 0.4) is 0 Å². The second kappa shape index (κ2) is 9.37. The maximum absolute atomic E-state index is 14.7. The smallest absolute Gasteiger partial charge is 0.341 e. The number of halogens is 1. The lowest BCUT2D eigenvalue weighted by Gasteiger charge is -2.33. The molecule has 3 aromatic rings. The Morgan fingerprint density at radius 3 is 2.84 bits per heavy atom. The lowest BCUT2D eigenvalue weighted by molar-refractivity contribution is 0.0601. The first-order valence-corrected chi connectivity index (χ1v) is 9.67. The number of aromatic nitrogens is 4. The molecule has 1 amide bonds. The summed E-state index contributed by atoms with van der Waals surface area (Å²) in [6.45, 7) is 0.367. The van der Waals surface area contributed by atoms with Crippen LogP contribution < -0.4 is 15.0 Å². The number of amides is 1. The minimum absolute atomic E-state index is 0.0286. The fourth-order valence-corrected chi connectivity index (χ4v) is 3.15. The van der Waals surface area contributed by atoms with E-state index in [-0.39, 0.29) is 35.5 Å². The van der Waals surface area contributed by atoms with Gasteiger partial charge in [-0.05, 0) is 12.1 Å². The third kappa shape index (κ3) is 4.63. The molecule has 1 aliphatic heterocycles. The Morgan fingerprint density at radius 2 is 2.09 bits per heavy atom. The minimum Gasteiger partial charge on any atom is -0.465 e. The maximum Gasteiger partial charge on any atom is 0.341 e. The molecule has 166 valence electrons. The monoisotopic (exact) mass is 442 g/mol. The summed E-state index contributed by atoms with van der Waals surface area (Å²) in [6, 6.07) is 3.32. The molecule has 0 radical (unpaired) electrons. The van der Waals surface area contributed by atoms with Crippen molar-refractivity contribution >= 4 is 23.6 Å². The molecule has 1 fully saturated rings. The molecular formula is C20H19FN6O5. The number of rotatable bonds is 6. The highest BCUT2D eigenvalue weighted by molar-refractivity contribution is 6.06. The largest absolute Gasteiger partial charge is 0.465 e. The highest BCUT2D eigenvalue weighted by Gasteiger charge is 2.33. The SMILES string of the molecule is COC(=O)c1cnccc1NC(=O)c1coc(N2CC[C@H](Oc3ncccn3)[C@H](F)C2)n1. The molecule has 0 aliphatic carbocycles. The predicted octanol–water partition coefficient (Wildman–Crippen LogP) is 1.89. The zero-order chi connectivity index (χ0) is 22.5. The van der Waals surface area contributed by atoms with Crippen LogP contribution in [0.2, 0.25) is 0 Å². The van der Waals surface area contributed by atoms with E-state index in [9.17, 15) is 14.0 Å². The average molecular weight is 442 g/mol. The summed E-state index contributed by atoms with van der Waals surface area (Å²) in [5.41, 5.74) is 0.280. The van der Waals surface area contributed by atoms with E-state index < -0.39 is 24.2 Å². The fraction of sp³-hybridized carbons (Fsp3) is 0.300. The van der Waals surface area contributed by atoms with Crippen molar-refractivity contribution < 1.29 is 27.9 Å². The Bertz CT molecular complexity index is 1090. The molecule has 1 N–H and O–H groups in total. The van der Waals surface area contributed by atoms with Crippen molar-refractivity contribution in [2.24, 2.45) is 0 Å². The summed E-state index contributed by atoms with van der Waals surface area (Å²) < 4.78 is 30.2. The summed E-state index contributed by atoms with van der Waals surface area (Å²) >= 11 is 0. The number of carbonyl (C=O) groups excluding carboxylic acids is 2. The van der Waals surface area contributed by atoms with Crippen LogP contribution in [-0.2, 0) is 4.74 Å². The standard InChI is InChI=1S/C20H19FN6O5/c1-30-18(29)12-9-22-7-3-14(12)25-17(28)15-11-31-20(26-15)27-8-4-16(13(21)10-27)32-19-23-5-2-6-24-19/h2-3,5-7,9,11,13,16H,4,8,10H2,1H3,(H,22,25,28)/t13-,16+/m1/s1. The van der Waals surface area contributed by atoms with E-state index in [1.54, 1.807) is 11.0 Å². The number of ether oxygens (including phenoxy) is 2. The van der Waals surface area contributed by atoms with Crippen LogP contribution in [0.15, 0.2) is 47.6 Å². The Balaban J connectivity index is 1.39. The van der Waals surface area contributed by atoms with Crippen molar-refractivity contribution in [3.63, 3.8) is 0 Å². The molecule has 2 atom stereocenters. The van der Waals surface area contributed by atoms with Gasteiger partial charge in [-0.15, -0.1) is 0 Å². The quantitative estimate of drug-likeness (QED) is 0.564. The number of pyridine rings is 1. The fourth-order valence-electron chi connectivity index (χ4n) is 3.15. The molecule has 1 saturated heterocycles. The zero-order valence-corrected chi connectivity index (χ0v) is 17.0. The number of alkyl halides is 1. The lowest BCUT2D eigenvalue weighted by atomic mass is 10.1. The number of hydrogen-bond acceptors (Lipinski definition) is 10.